The third kappa shape index (κ3) is 2.25. The second-order valence-corrected chi connectivity index (χ2v) is 6.70. The molecule has 0 aliphatic heterocycles. The highest BCUT2D eigenvalue weighted by Crippen LogP contribution is 2.51. The van der Waals surface area contributed by atoms with Crippen LogP contribution in [-0.4, -0.2) is 9.55 Å². The van der Waals surface area contributed by atoms with Crippen molar-refractivity contribution in [1.29, 1.82) is 0 Å². The molecule has 0 radical (unpaired) electrons. The van der Waals surface area contributed by atoms with Crippen molar-refractivity contribution in [1.82, 2.24) is 9.55 Å². The van der Waals surface area contributed by atoms with Gasteiger partial charge in [-0.2, -0.15) is 0 Å². The highest BCUT2D eigenvalue weighted by atomic mass is 35.5. The first-order chi connectivity index (χ1) is 9.06. The van der Waals surface area contributed by atoms with Crippen molar-refractivity contribution in [2.75, 3.05) is 0 Å². The molecule has 1 unspecified atom stereocenters. The molecule has 102 valence electrons. The summed E-state index contributed by atoms with van der Waals surface area (Å²) in [4.78, 5) is 4.67. The Bertz CT molecular complexity index is 612. The van der Waals surface area contributed by atoms with Gasteiger partial charge in [0.25, 0.3) is 0 Å². The van der Waals surface area contributed by atoms with Crippen LogP contribution in [-0.2, 0) is 6.54 Å². The number of benzene rings is 1. The lowest BCUT2D eigenvalue weighted by atomic mass is 10.0. The molecular formula is C15H18Cl2N2. The van der Waals surface area contributed by atoms with Crippen LogP contribution in [0.3, 0.4) is 0 Å². The van der Waals surface area contributed by atoms with E-state index < -0.39 is 0 Å². The monoisotopic (exact) mass is 296 g/mol. The van der Waals surface area contributed by atoms with Crippen LogP contribution < -0.4 is 0 Å². The minimum Gasteiger partial charge on any atom is -0.325 e. The van der Waals surface area contributed by atoms with Crippen LogP contribution in [0.1, 0.15) is 44.3 Å². The van der Waals surface area contributed by atoms with Crippen molar-refractivity contribution in [3.8, 4) is 0 Å². The van der Waals surface area contributed by atoms with Crippen LogP contribution in [0.5, 0.6) is 0 Å². The van der Waals surface area contributed by atoms with Crippen molar-refractivity contribution < 1.29 is 0 Å². The third-order valence-corrected chi connectivity index (χ3v) is 4.80. The number of para-hydroxylation sites is 1. The summed E-state index contributed by atoms with van der Waals surface area (Å²) in [5.74, 6) is 0.935. The van der Waals surface area contributed by atoms with Gasteiger partial charge in [-0.1, -0.05) is 24.6 Å². The molecule has 2 aromatic rings. The number of alkyl halides is 1. The van der Waals surface area contributed by atoms with E-state index in [1.54, 1.807) is 0 Å². The van der Waals surface area contributed by atoms with Crippen LogP contribution >= 0.6 is 23.2 Å². The molecule has 2 nitrogen and oxygen atoms in total. The maximum Gasteiger partial charge on any atom is 0.127 e. The van der Waals surface area contributed by atoms with Crippen LogP contribution in [0.25, 0.3) is 11.0 Å². The van der Waals surface area contributed by atoms with Crippen molar-refractivity contribution >= 4 is 34.2 Å². The summed E-state index contributed by atoms with van der Waals surface area (Å²) in [5.41, 5.74) is 2.42. The van der Waals surface area contributed by atoms with E-state index in [4.69, 9.17) is 23.2 Å². The van der Waals surface area contributed by atoms with Crippen molar-refractivity contribution in [3.05, 3.63) is 29.0 Å². The topological polar surface area (TPSA) is 17.8 Å². The second-order valence-electron chi connectivity index (χ2n) is 5.63. The molecule has 0 saturated heterocycles. The number of rotatable bonds is 4. The van der Waals surface area contributed by atoms with Gasteiger partial charge in [0.05, 0.1) is 21.4 Å². The summed E-state index contributed by atoms with van der Waals surface area (Å²) >= 11 is 12.7. The maximum absolute atomic E-state index is 6.37. The largest absolute Gasteiger partial charge is 0.325 e. The van der Waals surface area contributed by atoms with Crippen LogP contribution in [0.2, 0.25) is 5.02 Å². The molecular weight excluding hydrogens is 279 g/mol. The Morgan fingerprint density at radius 3 is 2.74 bits per heavy atom. The Morgan fingerprint density at radius 1 is 1.42 bits per heavy atom. The van der Waals surface area contributed by atoms with E-state index >= 15 is 0 Å². The summed E-state index contributed by atoms with van der Waals surface area (Å²) in [5, 5.41) is 0.664. The zero-order chi connectivity index (χ0) is 13.6. The number of hydrogen-bond acceptors (Lipinski definition) is 1. The van der Waals surface area contributed by atoms with Crippen LogP contribution in [0.4, 0.5) is 0 Å². The summed E-state index contributed by atoms with van der Waals surface area (Å²) in [6, 6.07) is 5.87. The molecule has 1 aliphatic carbocycles. The van der Waals surface area contributed by atoms with Gasteiger partial charge in [0, 0.05) is 6.54 Å². The van der Waals surface area contributed by atoms with E-state index in [9.17, 15) is 0 Å². The highest BCUT2D eigenvalue weighted by molar-refractivity contribution is 6.35. The van der Waals surface area contributed by atoms with Gasteiger partial charge in [0.15, 0.2) is 0 Å². The van der Waals surface area contributed by atoms with Gasteiger partial charge < -0.3 is 4.57 Å². The van der Waals surface area contributed by atoms with E-state index in [0.29, 0.717) is 5.41 Å². The first-order valence-corrected chi connectivity index (χ1v) is 7.66. The van der Waals surface area contributed by atoms with E-state index in [1.165, 1.54) is 19.3 Å². The lowest BCUT2D eigenvalue weighted by molar-refractivity contribution is 0.407. The SMILES string of the molecule is CCC1(Cn2c(C(C)Cl)nc3cccc(Cl)c32)CC1. The van der Waals surface area contributed by atoms with Gasteiger partial charge in [-0.3, -0.25) is 0 Å². The summed E-state index contributed by atoms with van der Waals surface area (Å²) in [6.45, 7) is 5.21. The molecule has 0 amide bonds. The van der Waals surface area contributed by atoms with Crippen LogP contribution in [0, 0.1) is 5.41 Å². The Hall–Kier alpha value is -0.730. The smallest absolute Gasteiger partial charge is 0.127 e. The molecule has 0 N–H and O–H groups in total. The fourth-order valence-electron chi connectivity index (χ4n) is 2.76. The Labute approximate surface area is 123 Å². The minimum absolute atomic E-state index is 0.101. The van der Waals surface area contributed by atoms with Gasteiger partial charge in [0.1, 0.15) is 5.82 Å². The first-order valence-electron chi connectivity index (χ1n) is 6.85. The summed E-state index contributed by atoms with van der Waals surface area (Å²) in [7, 11) is 0. The number of aromatic nitrogens is 2. The number of nitrogens with zero attached hydrogens (tertiary/aromatic N) is 2. The van der Waals surface area contributed by atoms with Gasteiger partial charge in [-0.15, -0.1) is 11.6 Å². The molecule has 1 atom stereocenters. The molecule has 3 rings (SSSR count). The predicted molar refractivity (Wildman–Crippen MR) is 81.0 cm³/mol. The molecule has 0 spiro atoms. The van der Waals surface area contributed by atoms with Crippen LogP contribution in [0.15, 0.2) is 18.2 Å². The number of hydrogen-bond donors (Lipinski definition) is 0. The fraction of sp³-hybridized carbons (Fsp3) is 0.533. The fourth-order valence-corrected chi connectivity index (χ4v) is 3.20. The average Bonchev–Trinajstić information content (AvgIpc) is 3.05. The maximum atomic E-state index is 6.37. The first kappa shape index (κ1) is 13.3. The van der Waals surface area contributed by atoms with E-state index in [1.807, 2.05) is 25.1 Å². The Kier molecular flexibility index (Phi) is 3.26. The molecule has 1 saturated carbocycles. The Morgan fingerprint density at radius 2 is 2.16 bits per heavy atom. The molecule has 1 aliphatic rings. The van der Waals surface area contributed by atoms with Gasteiger partial charge >= 0.3 is 0 Å². The zero-order valence-electron chi connectivity index (χ0n) is 11.3. The predicted octanol–water partition coefficient (Wildman–Crippen LogP) is 5.18. The van der Waals surface area contributed by atoms with E-state index in [0.717, 1.165) is 28.4 Å². The number of halogens is 2. The number of imidazole rings is 1. The van der Waals surface area contributed by atoms with Crippen molar-refractivity contribution in [2.45, 2.75) is 45.0 Å². The van der Waals surface area contributed by atoms with Gasteiger partial charge in [0.2, 0.25) is 0 Å². The zero-order valence-corrected chi connectivity index (χ0v) is 12.8. The van der Waals surface area contributed by atoms with Crippen molar-refractivity contribution in [2.24, 2.45) is 5.41 Å². The molecule has 19 heavy (non-hydrogen) atoms. The molecule has 1 aromatic carbocycles. The van der Waals surface area contributed by atoms with E-state index in [-0.39, 0.29) is 5.38 Å². The highest BCUT2D eigenvalue weighted by Gasteiger charge is 2.41. The second kappa shape index (κ2) is 4.68. The lowest BCUT2D eigenvalue weighted by Crippen LogP contribution is -2.14. The minimum atomic E-state index is -0.101. The molecule has 4 heteroatoms. The Balaban J connectivity index is 2.16. The quantitative estimate of drug-likeness (QED) is 0.711. The van der Waals surface area contributed by atoms with Gasteiger partial charge in [-0.25, -0.2) is 4.98 Å². The molecule has 0 bridgehead atoms. The average molecular weight is 297 g/mol. The normalized spacial score (nSPS) is 18.7. The molecule has 1 fully saturated rings. The van der Waals surface area contributed by atoms with Gasteiger partial charge in [-0.05, 0) is 43.7 Å². The summed E-state index contributed by atoms with van der Waals surface area (Å²) < 4.78 is 2.24. The van der Waals surface area contributed by atoms with Crippen molar-refractivity contribution in [3.63, 3.8) is 0 Å². The standard InChI is InChI=1S/C15H18Cl2N2/c1-3-15(7-8-15)9-19-13-11(17)5-4-6-12(13)18-14(19)10(2)16/h4-6,10H,3,7-9H2,1-2H3. The number of fused-ring (bicyclic) bond motifs is 1. The molecule has 1 aromatic heterocycles. The third-order valence-electron chi connectivity index (χ3n) is 4.30. The lowest BCUT2D eigenvalue weighted by Gasteiger charge is -2.17. The summed E-state index contributed by atoms with van der Waals surface area (Å²) in [6.07, 6.45) is 3.79. The van der Waals surface area contributed by atoms with E-state index in [2.05, 4.69) is 16.5 Å². The molecule has 1 heterocycles.